The molecule has 1 saturated heterocycles. The fourth-order valence-electron chi connectivity index (χ4n) is 2.46. The van der Waals surface area contributed by atoms with Gasteiger partial charge in [-0.15, -0.1) is 0 Å². The summed E-state index contributed by atoms with van der Waals surface area (Å²) < 4.78 is 5.25. The highest BCUT2D eigenvalue weighted by Crippen LogP contribution is 2.24. The molecular weight excluding hydrogens is 290 g/mol. The summed E-state index contributed by atoms with van der Waals surface area (Å²) in [6.07, 6.45) is 4.95. The Kier molecular flexibility index (Phi) is 5.48. The second-order valence-electron chi connectivity index (χ2n) is 5.16. The summed E-state index contributed by atoms with van der Waals surface area (Å²) in [5.74, 6) is -0.166. The molecule has 1 aliphatic rings. The van der Waals surface area contributed by atoms with E-state index in [0.29, 0.717) is 12.3 Å². The third-order valence-corrected chi connectivity index (χ3v) is 3.49. The Morgan fingerprint density at radius 1 is 1.50 bits per heavy atom. The molecule has 2 amide bonds. The zero-order valence-electron chi connectivity index (χ0n) is 12.1. The Bertz CT molecular complexity index is 550. The topological polar surface area (TPSA) is 127 Å². The molecule has 1 fully saturated rings. The van der Waals surface area contributed by atoms with Gasteiger partial charge in [-0.3, -0.25) is 10.1 Å². The van der Waals surface area contributed by atoms with Gasteiger partial charge in [-0.05, 0) is 32.0 Å². The number of hydrogen-bond acceptors (Lipinski definition) is 6. The number of hydrogen-bond donors (Lipinski definition) is 2. The molecule has 0 aromatic carbocycles. The lowest BCUT2D eigenvalue weighted by Gasteiger charge is -2.28. The summed E-state index contributed by atoms with van der Waals surface area (Å²) in [4.78, 5) is 23.1. The summed E-state index contributed by atoms with van der Waals surface area (Å²) in [7, 11) is 0. The van der Waals surface area contributed by atoms with E-state index >= 15 is 0 Å². The molecule has 1 atom stereocenters. The molecule has 0 radical (unpaired) electrons. The Morgan fingerprint density at radius 3 is 2.82 bits per heavy atom. The van der Waals surface area contributed by atoms with Gasteiger partial charge in [-0.1, -0.05) is 6.42 Å². The van der Waals surface area contributed by atoms with Gasteiger partial charge in [0, 0.05) is 12.8 Å². The van der Waals surface area contributed by atoms with Crippen LogP contribution in [0.25, 0.3) is 0 Å². The van der Waals surface area contributed by atoms with Crippen LogP contribution in [0.4, 0.5) is 10.7 Å². The van der Waals surface area contributed by atoms with Gasteiger partial charge in [0.1, 0.15) is 10.7 Å². The van der Waals surface area contributed by atoms with Crippen LogP contribution in [-0.4, -0.2) is 41.7 Å². The molecule has 0 spiro atoms. The third kappa shape index (κ3) is 4.55. The van der Waals surface area contributed by atoms with Gasteiger partial charge in [0.25, 0.3) is 0 Å². The number of nitrogens with zero attached hydrogens (tertiary/aromatic N) is 3. The van der Waals surface area contributed by atoms with Gasteiger partial charge in [0.2, 0.25) is 0 Å². The number of carbonyl (C=O) groups excluding carboxylic acids is 1. The second-order valence-corrected chi connectivity index (χ2v) is 5.16. The van der Waals surface area contributed by atoms with Crippen LogP contribution < -0.4 is 11.2 Å². The number of carbonyl (C=O) groups is 1. The lowest BCUT2D eigenvalue weighted by atomic mass is 10.0. The predicted octanol–water partition coefficient (Wildman–Crippen LogP) is 1.41. The van der Waals surface area contributed by atoms with Crippen LogP contribution in [0.1, 0.15) is 30.9 Å². The van der Waals surface area contributed by atoms with Gasteiger partial charge in [0.05, 0.1) is 12.0 Å². The maximum absolute atomic E-state index is 10.7. The summed E-state index contributed by atoms with van der Waals surface area (Å²) in [5, 5.41) is 14.5. The number of nitrogens with two attached hydrogens (primary N) is 1. The van der Waals surface area contributed by atoms with E-state index in [4.69, 9.17) is 10.2 Å². The molecule has 1 aromatic rings. The highest BCUT2D eigenvalue weighted by Gasteiger charge is 2.22. The van der Waals surface area contributed by atoms with Crippen molar-refractivity contribution >= 4 is 18.1 Å². The summed E-state index contributed by atoms with van der Waals surface area (Å²) in [5.41, 5.74) is 7.09. The highest BCUT2D eigenvalue weighted by atomic mass is 16.6. The molecule has 120 valence electrons. The van der Waals surface area contributed by atoms with Crippen molar-refractivity contribution in [2.75, 3.05) is 19.6 Å². The van der Waals surface area contributed by atoms with Crippen molar-refractivity contribution in [2.24, 2.45) is 10.8 Å². The van der Waals surface area contributed by atoms with Crippen LogP contribution in [0.5, 0.6) is 0 Å². The van der Waals surface area contributed by atoms with E-state index in [-0.39, 0.29) is 11.8 Å². The number of piperidine rings is 1. The SMILES string of the molecule is NC(=O)N/N=C/C(CN1CCCCC1)c1ccc([N+](=O)[O-])o1. The number of urea groups is 1. The maximum Gasteiger partial charge on any atom is 0.433 e. The Labute approximate surface area is 127 Å². The van der Waals surface area contributed by atoms with Crippen LogP contribution in [0.2, 0.25) is 0 Å². The van der Waals surface area contributed by atoms with E-state index in [2.05, 4.69) is 15.4 Å². The number of likely N-dealkylation sites (tertiary alicyclic amines) is 1. The minimum Gasteiger partial charge on any atom is -0.405 e. The molecule has 9 heteroatoms. The molecule has 0 saturated carbocycles. The number of primary amides is 1. The van der Waals surface area contributed by atoms with Crippen molar-refractivity contribution in [1.29, 1.82) is 0 Å². The van der Waals surface area contributed by atoms with Crippen molar-refractivity contribution in [3.63, 3.8) is 0 Å². The zero-order chi connectivity index (χ0) is 15.9. The van der Waals surface area contributed by atoms with Gasteiger partial charge in [-0.25, -0.2) is 10.2 Å². The predicted molar refractivity (Wildman–Crippen MR) is 79.6 cm³/mol. The number of rotatable bonds is 6. The van der Waals surface area contributed by atoms with Crippen molar-refractivity contribution in [2.45, 2.75) is 25.2 Å². The van der Waals surface area contributed by atoms with E-state index in [0.717, 1.165) is 25.9 Å². The van der Waals surface area contributed by atoms with Crippen LogP contribution in [0, 0.1) is 10.1 Å². The molecule has 22 heavy (non-hydrogen) atoms. The molecule has 1 aliphatic heterocycles. The molecule has 2 heterocycles. The van der Waals surface area contributed by atoms with Crippen molar-refractivity contribution in [1.82, 2.24) is 10.3 Å². The van der Waals surface area contributed by atoms with Crippen LogP contribution in [-0.2, 0) is 0 Å². The fourth-order valence-corrected chi connectivity index (χ4v) is 2.46. The largest absolute Gasteiger partial charge is 0.433 e. The molecule has 9 nitrogen and oxygen atoms in total. The molecular formula is C13H19N5O4. The first-order chi connectivity index (χ1) is 10.6. The number of nitrogens with one attached hydrogen (secondary N) is 1. The van der Waals surface area contributed by atoms with Gasteiger partial charge >= 0.3 is 11.9 Å². The monoisotopic (exact) mass is 309 g/mol. The van der Waals surface area contributed by atoms with Gasteiger partial charge in [-0.2, -0.15) is 5.10 Å². The standard InChI is InChI=1S/C13H19N5O4/c14-13(19)16-15-8-10(9-17-6-2-1-3-7-17)11-4-5-12(22-11)18(20)21/h4-5,8,10H,1-3,6-7,9H2,(H3,14,16,19)/b15-8+. The minimum atomic E-state index is -0.765. The first-order valence-electron chi connectivity index (χ1n) is 7.11. The average molecular weight is 309 g/mol. The van der Waals surface area contributed by atoms with Crippen molar-refractivity contribution < 1.29 is 14.1 Å². The van der Waals surface area contributed by atoms with E-state index in [1.54, 1.807) is 6.07 Å². The number of amides is 2. The maximum atomic E-state index is 10.7. The highest BCUT2D eigenvalue weighted by molar-refractivity contribution is 5.74. The lowest BCUT2D eigenvalue weighted by Crippen LogP contribution is -2.34. The Balaban J connectivity index is 2.09. The van der Waals surface area contributed by atoms with Crippen molar-refractivity contribution in [3.05, 3.63) is 28.0 Å². The number of hydrazone groups is 1. The molecule has 0 bridgehead atoms. The van der Waals surface area contributed by atoms with E-state index in [1.165, 1.54) is 18.7 Å². The van der Waals surface area contributed by atoms with E-state index < -0.39 is 11.0 Å². The van der Waals surface area contributed by atoms with Gasteiger partial charge in [0.15, 0.2) is 0 Å². The number of furan rings is 1. The molecule has 1 aromatic heterocycles. The minimum absolute atomic E-state index is 0.293. The molecule has 1 unspecified atom stereocenters. The second kappa shape index (κ2) is 7.55. The van der Waals surface area contributed by atoms with Crippen LogP contribution in [0.3, 0.4) is 0 Å². The smallest absolute Gasteiger partial charge is 0.405 e. The Morgan fingerprint density at radius 2 is 2.23 bits per heavy atom. The number of nitro groups is 1. The summed E-state index contributed by atoms with van der Waals surface area (Å²) in [6.45, 7) is 2.56. The molecule has 2 rings (SSSR count). The quantitative estimate of drug-likeness (QED) is 0.466. The first-order valence-corrected chi connectivity index (χ1v) is 7.11. The third-order valence-electron chi connectivity index (χ3n) is 3.49. The average Bonchev–Trinajstić information content (AvgIpc) is 2.97. The van der Waals surface area contributed by atoms with Crippen LogP contribution in [0.15, 0.2) is 21.7 Å². The summed E-state index contributed by atoms with van der Waals surface area (Å²) in [6, 6.07) is 2.11. The first kappa shape index (κ1) is 16.0. The normalized spacial score (nSPS) is 17.5. The molecule has 3 N–H and O–H groups in total. The van der Waals surface area contributed by atoms with E-state index in [1.807, 2.05) is 0 Å². The lowest BCUT2D eigenvalue weighted by molar-refractivity contribution is -0.402. The fraction of sp³-hybridized carbons (Fsp3) is 0.538. The zero-order valence-corrected chi connectivity index (χ0v) is 12.1. The summed E-state index contributed by atoms with van der Waals surface area (Å²) >= 11 is 0. The van der Waals surface area contributed by atoms with Crippen molar-refractivity contribution in [3.8, 4) is 0 Å². The van der Waals surface area contributed by atoms with E-state index in [9.17, 15) is 14.9 Å². The van der Waals surface area contributed by atoms with Crippen LogP contribution >= 0.6 is 0 Å². The van der Waals surface area contributed by atoms with Gasteiger partial charge < -0.3 is 15.1 Å². The molecule has 0 aliphatic carbocycles. The Hall–Kier alpha value is -2.42.